The van der Waals surface area contributed by atoms with Crippen molar-refractivity contribution in [3.63, 3.8) is 0 Å². The number of nitrogens with zero attached hydrogens (tertiary/aromatic N) is 9. The number of anilines is 2. The molecule has 0 radical (unpaired) electrons. The second-order valence-corrected chi connectivity index (χ2v) is 8.20. The van der Waals surface area contributed by atoms with Gasteiger partial charge < -0.3 is 14.7 Å². The number of amides is 1. The summed E-state index contributed by atoms with van der Waals surface area (Å²) in [5.41, 5.74) is 0. The van der Waals surface area contributed by atoms with Crippen LogP contribution in [0.5, 0.6) is 0 Å². The Hall–Kier alpha value is -3.56. The average molecular weight is 434 g/mol. The molecule has 2 saturated heterocycles. The first-order valence-electron chi connectivity index (χ1n) is 11.1. The van der Waals surface area contributed by atoms with Gasteiger partial charge in [0.15, 0.2) is 0 Å². The first-order chi connectivity index (χ1) is 15.7. The van der Waals surface area contributed by atoms with Crippen molar-refractivity contribution in [1.82, 2.24) is 34.4 Å². The van der Waals surface area contributed by atoms with E-state index in [1.807, 2.05) is 34.7 Å². The van der Waals surface area contributed by atoms with E-state index in [0.717, 1.165) is 75.5 Å². The van der Waals surface area contributed by atoms with Crippen LogP contribution < -0.4 is 9.80 Å². The highest BCUT2D eigenvalue weighted by Gasteiger charge is 2.31. The van der Waals surface area contributed by atoms with Crippen molar-refractivity contribution in [3.05, 3.63) is 49.1 Å². The van der Waals surface area contributed by atoms with Gasteiger partial charge in [0.25, 0.3) is 0 Å². The zero-order chi connectivity index (χ0) is 21.9. The monoisotopic (exact) mass is 433 g/mol. The number of carbonyl (C=O) groups is 1. The standard InChI is InChI=1S/C22H27N9O/c1-17-23-7-10-31(17)20-15-19(26-16-27-20)28-8-3-18(4-9-28)21(32)29-11-13-30(14-12-29)22-24-5-2-6-25-22/h2,5-7,10,15-16,18H,3-4,8-9,11-14H2,1H3. The number of aryl methyl sites for hydroxylation is 1. The fraction of sp³-hybridized carbons (Fsp3) is 0.455. The summed E-state index contributed by atoms with van der Waals surface area (Å²) in [5.74, 6) is 3.67. The van der Waals surface area contributed by atoms with E-state index < -0.39 is 0 Å². The molecule has 10 heteroatoms. The molecule has 0 bridgehead atoms. The molecule has 3 aromatic rings. The molecule has 3 aromatic heterocycles. The van der Waals surface area contributed by atoms with Gasteiger partial charge in [-0.05, 0) is 25.8 Å². The van der Waals surface area contributed by atoms with Gasteiger partial charge in [0.1, 0.15) is 23.8 Å². The molecule has 166 valence electrons. The van der Waals surface area contributed by atoms with Crippen molar-refractivity contribution >= 4 is 17.7 Å². The summed E-state index contributed by atoms with van der Waals surface area (Å²) in [6.45, 7) is 6.55. The molecule has 0 unspecified atom stereocenters. The Morgan fingerprint density at radius 1 is 0.844 bits per heavy atom. The molecule has 0 aliphatic carbocycles. The highest BCUT2D eigenvalue weighted by Crippen LogP contribution is 2.25. The van der Waals surface area contributed by atoms with E-state index in [2.05, 4.69) is 34.7 Å². The highest BCUT2D eigenvalue weighted by atomic mass is 16.2. The van der Waals surface area contributed by atoms with Gasteiger partial charge in [0.2, 0.25) is 11.9 Å². The summed E-state index contributed by atoms with van der Waals surface area (Å²) < 4.78 is 1.95. The molecule has 0 saturated carbocycles. The van der Waals surface area contributed by atoms with E-state index >= 15 is 0 Å². The molecule has 10 nitrogen and oxygen atoms in total. The Labute approximate surface area is 187 Å². The Morgan fingerprint density at radius 2 is 1.56 bits per heavy atom. The van der Waals surface area contributed by atoms with E-state index in [1.54, 1.807) is 24.9 Å². The topological polar surface area (TPSA) is 96.2 Å². The smallest absolute Gasteiger partial charge is 0.225 e. The number of hydrogen-bond donors (Lipinski definition) is 0. The summed E-state index contributed by atoms with van der Waals surface area (Å²) in [5, 5.41) is 0. The first-order valence-corrected chi connectivity index (χ1v) is 11.1. The third kappa shape index (κ3) is 4.12. The van der Waals surface area contributed by atoms with E-state index in [0.29, 0.717) is 0 Å². The van der Waals surface area contributed by atoms with Gasteiger partial charge in [-0.2, -0.15) is 0 Å². The maximum absolute atomic E-state index is 13.1. The summed E-state index contributed by atoms with van der Waals surface area (Å²) in [6, 6.07) is 3.80. The van der Waals surface area contributed by atoms with Gasteiger partial charge in [-0.25, -0.2) is 24.9 Å². The number of rotatable bonds is 4. The van der Waals surface area contributed by atoms with Gasteiger partial charge >= 0.3 is 0 Å². The second-order valence-electron chi connectivity index (χ2n) is 8.20. The minimum absolute atomic E-state index is 0.0722. The van der Waals surface area contributed by atoms with Gasteiger partial charge in [-0.3, -0.25) is 9.36 Å². The lowest BCUT2D eigenvalue weighted by molar-refractivity contribution is -0.136. The van der Waals surface area contributed by atoms with Crippen LogP contribution in [-0.4, -0.2) is 79.6 Å². The molecule has 0 N–H and O–H groups in total. The van der Waals surface area contributed by atoms with Crippen LogP contribution in [0.25, 0.3) is 5.82 Å². The quantitative estimate of drug-likeness (QED) is 0.608. The number of carbonyl (C=O) groups excluding carboxylic acids is 1. The molecule has 1 amide bonds. The van der Waals surface area contributed by atoms with Gasteiger partial charge in [-0.1, -0.05) is 0 Å². The molecule has 2 aliphatic heterocycles. The molecule has 5 rings (SSSR count). The molecule has 2 fully saturated rings. The maximum atomic E-state index is 13.1. The van der Waals surface area contributed by atoms with E-state index in [1.165, 1.54) is 0 Å². The minimum Gasteiger partial charge on any atom is -0.356 e. The largest absolute Gasteiger partial charge is 0.356 e. The van der Waals surface area contributed by atoms with Crippen LogP contribution in [0, 0.1) is 12.8 Å². The fourth-order valence-corrected chi connectivity index (χ4v) is 4.46. The fourth-order valence-electron chi connectivity index (χ4n) is 4.46. The third-order valence-corrected chi connectivity index (χ3v) is 6.31. The van der Waals surface area contributed by atoms with E-state index in [4.69, 9.17) is 0 Å². The SMILES string of the molecule is Cc1nccn1-c1cc(N2CCC(C(=O)N3CCN(c4ncccn4)CC3)CC2)ncn1. The van der Waals surface area contributed by atoms with Crippen molar-refractivity contribution in [3.8, 4) is 5.82 Å². The lowest BCUT2D eigenvalue weighted by Crippen LogP contribution is -2.52. The number of piperidine rings is 1. The van der Waals surface area contributed by atoms with E-state index in [9.17, 15) is 4.79 Å². The van der Waals surface area contributed by atoms with E-state index in [-0.39, 0.29) is 11.8 Å². The lowest BCUT2D eigenvalue weighted by Gasteiger charge is -2.38. The molecular formula is C22H27N9O. The van der Waals surface area contributed by atoms with Crippen LogP contribution >= 0.6 is 0 Å². The molecule has 5 heterocycles. The molecule has 32 heavy (non-hydrogen) atoms. The van der Waals surface area contributed by atoms with Crippen molar-refractivity contribution in [2.75, 3.05) is 49.1 Å². The van der Waals surface area contributed by atoms with Gasteiger partial charge in [-0.15, -0.1) is 0 Å². The number of imidazole rings is 1. The first kappa shape index (κ1) is 20.3. The van der Waals surface area contributed by atoms with Crippen LogP contribution in [0.3, 0.4) is 0 Å². The van der Waals surface area contributed by atoms with Crippen LogP contribution in [-0.2, 0) is 4.79 Å². The molecule has 0 spiro atoms. The van der Waals surface area contributed by atoms with Gasteiger partial charge in [0.05, 0.1) is 0 Å². The molecule has 0 aromatic carbocycles. The Kier molecular flexibility index (Phi) is 5.66. The third-order valence-electron chi connectivity index (χ3n) is 6.31. The molecule has 2 aliphatic rings. The van der Waals surface area contributed by atoms with Crippen LogP contribution in [0.4, 0.5) is 11.8 Å². The maximum Gasteiger partial charge on any atom is 0.225 e. The summed E-state index contributed by atoms with van der Waals surface area (Å²) in [7, 11) is 0. The zero-order valence-electron chi connectivity index (χ0n) is 18.2. The Bertz CT molecular complexity index is 1050. The van der Waals surface area contributed by atoms with Crippen molar-refractivity contribution in [2.24, 2.45) is 5.92 Å². The van der Waals surface area contributed by atoms with Crippen LogP contribution in [0.2, 0.25) is 0 Å². The Balaban J connectivity index is 1.16. The number of hydrogen-bond acceptors (Lipinski definition) is 8. The van der Waals surface area contributed by atoms with Crippen molar-refractivity contribution in [2.45, 2.75) is 19.8 Å². The van der Waals surface area contributed by atoms with Crippen LogP contribution in [0.1, 0.15) is 18.7 Å². The predicted molar refractivity (Wildman–Crippen MR) is 120 cm³/mol. The summed E-state index contributed by atoms with van der Waals surface area (Å²) in [6.07, 6.45) is 10.4. The summed E-state index contributed by atoms with van der Waals surface area (Å²) >= 11 is 0. The minimum atomic E-state index is 0.0722. The van der Waals surface area contributed by atoms with Gasteiger partial charge in [0, 0.05) is 76.0 Å². The molecular weight excluding hydrogens is 406 g/mol. The Morgan fingerprint density at radius 3 is 2.25 bits per heavy atom. The number of piperazine rings is 1. The second kappa shape index (κ2) is 8.89. The highest BCUT2D eigenvalue weighted by molar-refractivity contribution is 5.79. The normalized spacial score (nSPS) is 17.6. The van der Waals surface area contributed by atoms with Crippen molar-refractivity contribution in [1.29, 1.82) is 0 Å². The van der Waals surface area contributed by atoms with Crippen LogP contribution in [0.15, 0.2) is 43.2 Å². The average Bonchev–Trinajstić information content (AvgIpc) is 3.30. The lowest BCUT2D eigenvalue weighted by atomic mass is 9.95. The zero-order valence-corrected chi connectivity index (χ0v) is 18.2. The predicted octanol–water partition coefficient (Wildman–Crippen LogP) is 1.33. The molecule has 0 atom stereocenters. The number of aromatic nitrogens is 6. The van der Waals surface area contributed by atoms with Crippen molar-refractivity contribution < 1.29 is 4.79 Å². The summed E-state index contributed by atoms with van der Waals surface area (Å²) in [4.78, 5) is 41.2.